The predicted molar refractivity (Wildman–Crippen MR) is 139 cm³/mol. The number of primary amides is 1. The molecule has 2 amide bonds. The van der Waals surface area contributed by atoms with Crippen molar-refractivity contribution >= 4 is 22.6 Å². The molecular weight excluding hydrogens is 474 g/mol. The highest BCUT2D eigenvalue weighted by Gasteiger charge is 2.27. The second kappa shape index (κ2) is 11.0. The number of hydrogen-bond donors (Lipinski definition) is 2. The average molecular weight is 501 g/mol. The van der Waals surface area contributed by atoms with E-state index in [1.54, 1.807) is 18.2 Å². The number of fused-ring (bicyclic) bond motifs is 1. The third kappa shape index (κ3) is 6.38. The van der Waals surface area contributed by atoms with Crippen molar-refractivity contribution in [3.8, 4) is 5.75 Å². The largest absolute Gasteiger partial charge is 0.489 e. The molecule has 1 atom stereocenters. The summed E-state index contributed by atoms with van der Waals surface area (Å²) >= 11 is 0. The van der Waals surface area contributed by atoms with Crippen molar-refractivity contribution in [3.63, 3.8) is 0 Å². The molecular formula is C30H26F2N2O3. The highest BCUT2D eigenvalue weighted by atomic mass is 19.3. The standard InChI is InChI=1S/C30H26F2N2O3/c1-2-30(31,32)25-13-8-20(9-14-25)16-27(28(33)35)34-29(36)24-11-10-23-18-26(15-12-22(23)17-24)37-19-21-6-4-3-5-7-21/h2-15,17-18,27H,1,16,19H2,(H2,33,35)(H,34,36). The predicted octanol–water partition coefficient (Wildman–Crippen LogP) is 5.52. The molecule has 0 aliphatic rings. The lowest BCUT2D eigenvalue weighted by Gasteiger charge is -2.17. The first kappa shape index (κ1) is 25.6. The van der Waals surface area contributed by atoms with Gasteiger partial charge < -0.3 is 15.8 Å². The highest BCUT2D eigenvalue weighted by Crippen LogP contribution is 2.29. The number of rotatable bonds is 10. The number of carbonyl (C=O) groups excluding carboxylic acids is 2. The summed E-state index contributed by atoms with van der Waals surface area (Å²) in [6.45, 7) is 3.59. The first-order chi connectivity index (χ1) is 17.7. The van der Waals surface area contributed by atoms with E-state index in [4.69, 9.17) is 10.5 Å². The molecule has 1 unspecified atom stereocenters. The van der Waals surface area contributed by atoms with Crippen molar-refractivity contribution in [1.29, 1.82) is 0 Å². The van der Waals surface area contributed by atoms with Crippen LogP contribution in [0, 0.1) is 0 Å². The molecule has 0 radical (unpaired) electrons. The van der Waals surface area contributed by atoms with Crippen LogP contribution in [0.1, 0.15) is 27.0 Å². The molecule has 37 heavy (non-hydrogen) atoms. The lowest BCUT2D eigenvalue weighted by atomic mass is 10.0. The maximum Gasteiger partial charge on any atom is 0.291 e. The van der Waals surface area contributed by atoms with Crippen molar-refractivity contribution < 1.29 is 23.1 Å². The topological polar surface area (TPSA) is 81.4 Å². The maximum absolute atomic E-state index is 13.8. The highest BCUT2D eigenvalue weighted by molar-refractivity contribution is 6.00. The summed E-state index contributed by atoms with van der Waals surface area (Å²) in [5.41, 5.74) is 7.29. The van der Waals surface area contributed by atoms with E-state index in [2.05, 4.69) is 11.9 Å². The molecule has 0 heterocycles. The minimum atomic E-state index is -3.15. The fraction of sp³-hybridized carbons (Fsp3) is 0.133. The molecule has 0 bridgehead atoms. The lowest BCUT2D eigenvalue weighted by molar-refractivity contribution is -0.119. The second-order valence-electron chi connectivity index (χ2n) is 8.65. The van der Waals surface area contributed by atoms with Crippen LogP contribution >= 0.6 is 0 Å². The molecule has 4 aromatic rings. The van der Waals surface area contributed by atoms with Gasteiger partial charge in [0, 0.05) is 17.5 Å². The summed E-state index contributed by atoms with van der Waals surface area (Å²) in [6.07, 6.45) is 0.632. The monoisotopic (exact) mass is 500 g/mol. The fourth-order valence-electron chi connectivity index (χ4n) is 3.88. The summed E-state index contributed by atoms with van der Waals surface area (Å²) in [5, 5.41) is 4.37. The van der Waals surface area contributed by atoms with E-state index in [0.29, 0.717) is 29.6 Å². The van der Waals surface area contributed by atoms with Crippen molar-refractivity contribution in [3.05, 3.63) is 126 Å². The van der Waals surface area contributed by atoms with Crippen molar-refractivity contribution in [2.45, 2.75) is 25.0 Å². The molecule has 0 aliphatic carbocycles. The summed E-state index contributed by atoms with van der Waals surface area (Å²) in [6, 6.07) is 25.1. The Morgan fingerprint density at radius 1 is 0.919 bits per heavy atom. The molecule has 0 spiro atoms. The summed E-state index contributed by atoms with van der Waals surface area (Å²) < 4.78 is 33.4. The number of ether oxygens (including phenoxy) is 1. The molecule has 3 N–H and O–H groups in total. The Morgan fingerprint density at radius 3 is 2.27 bits per heavy atom. The van der Waals surface area contributed by atoms with Gasteiger partial charge in [-0.2, -0.15) is 8.78 Å². The molecule has 4 aromatic carbocycles. The van der Waals surface area contributed by atoms with E-state index in [9.17, 15) is 18.4 Å². The number of alkyl halides is 2. The number of carbonyl (C=O) groups is 2. The van der Waals surface area contributed by atoms with Gasteiger partial charge in [0.25, 0.3) is 11.8 Å². The molecule has 188 valence electrons. The van der Waals surface area contributed by atoms with Gasteiger partial charge in [0.2, 0.25) is 5.91 Å². The van der Waals surface area contributed by atoms with E-state index in [1.165, 1.54) is 24.3 Å². The lowest BCUT2D eigenvalue weighted by Crippen LogP contribution is -2.45. The van der Waals surface area contributed by atoms with Crippen LogP contribution in [0.25, 0.3) is 10.8 Å². The van der Waals surface area contributed by atoms with Crippen LogP contribution in [0.5, 0.6) is 5.75 Å². The summed E-state index contributed by atoms with van der Waals surface area (Å²) in [7, 11) is 0. The van der Waals surface area contributed by atoms with Crippen LogP contribution in [-0.4, -0.2) is 17.9 Å². The van der Waals surface area contributed by atoms with E-state index in [-0.39, 0.29) is 12.0 Å². The number of halogens is 2. The average Bonchev–Trinajstić information content (AvgIpc) is 2.92. The zero-order valence-corrected chi connectivity index (χ0v) is 20.0. The normalized spacial score (nSPS) is 12.1. The third-order valence-electron chi connectivity index (χ3n) is 6.01. The van der Waals surface area contributed by atoms with E-state index < -0.39 is 23.8 Å². The second-order valence-corrected chi connectivity index (χ2v) is 8.65. The van der Waals surface area contributed by atoms with Crippen molar-refractivity contribution in [2.24, 2.45) is 5.73 Å². The van der Waals surface area contributed by atoms with Crippen LogP contribution < -0.4 is 15.8 Å². The van der Waals surface area contributed by atoms with E-state index in [1.807, 2.05) is 48.5 Å². The van der Waals surface area contributed by atoms with Crippen LogP contribution in [0.15, 0.2) is 104 Å². The number of amides is 2. The minimum absolute atomic E-state index is 0.0662. The smallest absolute Gasteiger partial charge is 0.291 e. The Hall–Kier alpha value is -4.52. The molecule has 0 aromatic heterocycles. The Morgan fingerprint density at radius 2 is 1.59 bits per heavy atom. The van der Waals surface area contributed by atoms with E-state index in [0.717, 1.165) is 16.3 Å². The molecule has 0 aliphatic heterocycles. The molecule has 7 heteroatoms. The van der Waals surface area contributed by atoms with Gasteiger partial charge in [-0.25, -0.2) is 0 Å². The van der Waals surface area contributed by atoms with Gasteiger partial charge in [0.15, 0.2) is 0 Å². The number of hydrogen-bond acceptors (Lipinski definition) is 3. The third-order valence-corrected chi connectivity index (χ3v) is 6.01. The van der Waals surface area contributed by atoms with Gasteiger partial charge in [0.05, 0.1) is 0 Å². The van der Waals surface area contributed by atoms with Gasteiger partial charge in [-0.1, -0.05) is 73.3 Å². The Balaban J connectivity index is 1.43. The van der Waals surface area contributed by atoms with Gasteiger partial charge in [0.1, 0.15) is 18.4 Å². The Labute approximate surface area is 213 Å². The zero-order chi connectivity index (χ0) is 26.4. The summed E-state index contributed by atoms with van der Waals surface area (Å²) in [5.74, 6) is -3.64. The zero-order valence-electron chi connectivity index (χ0n) is 20.0. The van der Waals surface area contributed by atoms with Crippen LogP contribution in [-0.2, 0) is 23.7 Å². The minimum Gasteiger partial charge on any atom is -0.489 e. The van der Waals surface area contributed by atoms with Crippen LogP contribution in [0.4, 0.5) is 8.78 Å². The summed E-state index contributed by atoms with van der Waals surface area (Å²) in [4.78, 5) is 24.9. The molecule has 5 nitrogen and oxygen atoms in total. The molecule has 0 saturated heterocycles. The van der Waals surface area contributed by atoms with Crippen molar-refractivity contribution in [1.82, 2.24) is 5.32 Å². The Kier molecular flexibility index (Phi) is 7.63. The van der Waals surface area contributed by atoms with Gasteiger partial charge in [-0.15, -0.1) is 0 Å². The molecule has 0 fully saturated rings. The van der Waals surface area contributed by atoms with Crippen LogP contribution in [0.2, 0.25) is 0 Å². The number of allylic oxidation sites excluding steroid dienone is 1. The fourth-order valence-corrected chi connectivity index (χ4v) is 3.88. The van der Waals surface area contributed by atoms with Gasteiger partial charge in [-0.3, -0.25) is 9.59 Å². The Bertz CT molecular complexity index is 1420. The number of nitrogens with two attached hydrogens (primary N) is 1. The molecule has 4 rings (SSSR count). The SMILES string of the molecule is C=CC(F)(F)c1ccc(CC(NC(=O)c2ccc3cc(OCc4ccccc4)ccc3c2)C(N)=O)cc1. The maximum atomic E-state index is 13.8. The van der Waals surface area contributed by atoms with Crippen LogP contribution in [0.3, 0.4) is 0 Å². The molecule has 0 saturated carbocycles. The first-order valence-electron chi connectivity index (χ1n) is 11.7. The van der Waals surface area contributed by atoms with E-state index >= 15 is 0 Å². The van der Waals surface area contributed by atoms with Gasteiger partial charge in [-0.05, 0) is 52.2 Å². The quantitative estimate of drug-likeness (QED) is 0.281. The number of nitrogens with one attached hydrogen (secondary N) is 1. The van der Waals surface area contributed by atoms with Gasteiger partial charge >= 0.3 is 0 Å². The van der Waals surface area contributed by atoms with Crippen molar-refractivity contribution in [2.75, 3.05) is 0 Å². The number of benzene rings is 4. The first-order valence-corrected chi connectivity index (χ1v) is 11.7.